The molecule has 0 unspecified atom stereocenters. The third-order valence-corrected chi connectivity index (χ3v) is 3.52. The van der Waals surface area contributed by atoms with Gasteiger partial charge in [-0.2, -0.15) is 0 Å². The van der Waals surface area contributed by atoms with E-state index in [1.54, 1.807) is 11.6 Å². The minimum absolute atomic E-state index is 0.0215. The number of benzene rings is 1. The molecule has 2 rings (SSSR count). The number of hydrogen-bond donors (Lipinski definition) is 0. The maximum absolute atomic E-state index is 11.9. The molecule has 0 atom stereocenters. The molecule has 0 aliphatic carbocycles. The number of carbonyl (C=O) groups is 1. The third-order valence-electron chi connectivity index (χ3n) is 2.57. The Labute approximate surface area is 105 Å². The lowest BCUT2D eigenvalue weighted by Gasteiger charge is -1.98. The summed E-state index contributed by atoms with van der Waals surface area (Å²) < 4.78 is 0. The van der Waals surface area contributed by atoms with Crippen molar-refractivity contribution >= 4 is 23.2 Å². The number of aryl methyl sites for hydroxylation is 2. The average molecular weight is 243 g/mol. The quantitative estimate of drug-likeness (QED) is 0.608. The highest BCUT2D eigenvalue weighted by Gasteiger charge is 2.07. The van der Waals surface area contributed by atoms with E-state index in [0.29, 0.717) is 0 Å². The van der Waals surface area contributed by atoms with E-state index in [4.69, 9.17) is 0 Å². The minimum Gasteiger partial charge on any atom is -0.288 e. The second-order valence-electron chi connectivity index (χ2n) is 3.82. The molecule has 0 fully saturated rings. The SMILES string of the molecule is Cc1ccccc1/C=C/C(=O)c1scnc1C. The van der Waals surface area contributed by atoms with Crippen LogP contribution >= 0.6 is 11.3 Å². The summed E-state index contributed by atoms with van der Waals surface area (Å²) in [6.45, 7) is 3.88. The van der Waals surface area contributed by atoms with Crippen LogP contribution in [0.15, 0.2) is 35.9 Å². The van der Waals surface area contributed by atoms with Crippen molar-refractivity contribution in [2.75, 3.05) is 0 Å². The Kier molecular flexibility index (Phi) is 3.49. The highest BCUT2D eigenvalue weighted by atomic mass is 32.1. The normalized spacial score (nSPS) is 10.9. The fourth-order valence-corrected chi connectivity index (χ4v) is 2.28. The Balaban J connectivity index is 2.20. The van der Waals surface area contributed by atoms with Crippen molar-refractivity contribution < 1.29 is 4.79 Å². The standard InChI is InChI=1S/C14H13NOS/c1-10-5-3-4-6-12(10)7-8-13(16)14-11(2)15-9-17-14/h3-9H,1-2H3/b8-7+. The van der Waals surface area contributed by atoms with Crippen LogP contribution in [-0.2, 0) is 0 Å². The van der Waals surface area contributed by atoms with Gasteiger partial charge >= 0.3 is 0 Å². The number of thiazole rings is 1. The first-order chi connectivity index (χ1) is 8.18. The van der Waals surface area contributed by atoms with E-state index in [-0.39, 0.29) is 5.78 Å². The lowest BCUT2D eigenvalue weighted by molar-refractivity contribution is 0.105. The molecule has 0 N–H and O–H groups in total. The maximum Gasteiger partial charge on any atom is 0.197 e. The van der Waals surface area contributed by atoms with E-state index in [1.807, 2.05) is 44.2 Å². The van der Waals surface area contributed by atoms with Crippen LogP contribution in [0.1, 0.15) is 26.5 Å². The fourth-order valence-electron chi connectivity index (χ4n) is 1.55. The summed E-state index contributed by atoms with van der Waals surface area (Å²) in [5.74, 6) is 0.0215. The second kappa shape index (κ2) is 5.06. The summed E-state index contributed by atoms with van der Waals surface area (Å²) in [5, 5.41) is 0. The van der Waals surface area contributed by atoms with Gasteiger partial charge in [0, 0.05) is 0 Å². The van der Waals surface area contributed by atoms with Crippen molar-refractivity contribution in [3.8, 4) is 0 Å². The molecular formula is C14H13NOS. The zero-order valence-electron chi connectivity index (χ0n) is 9.81. The number of nitrogens with zero attached hydrogens (tertiary/aromatic N) is 1. The Morgan fingerprint density at radius 2 is 2.06 bits per heavy atom. The maximum atomic E-state index is 11.9. The van der Waals surface area contributed by atoms with Gasteiger partial charge in [0.25, 0.3) is 0 Å². The Morgan fingerprint density at radius 1 is 1.29 bits per heavy atom. The van der Waals surface area contributed by atoms with Gasteiger partial charge in [0.15, 0.2) is 5.78 Å². The number of hydrogen-bond acceptors (Lipinski definition) is 3. The van der Waals surface area contributed by atoms with Crippen LogP contribution in [0.5, 0.6) is 0 Å². The van der Waals surface area contributed by atoms with Crippen molar-refractivity contribution in [1.82, 2.24) is 4.98 Å². The first-order valence-corrected chi connectivity index (χ1v) is 6.24. The molecule has 2 aromatic rings. The zero-order chi connectivity index (χ0) is 12.3. The number of allylic oxidation sites excluding steroid dienone is 1. The first kappa shape index (κ1) is 11.7. The number of aromatic nitrogens is 1. The first-order valence-electron chi connectivity index (χ1n) is 5.36. The molecule has 3 heteroatoms. The van der Waals surface area contributed by atoms with Crippen LogP contribution in [0.4, 0.5) is 0 Å². The average Bonchev–Trinajstić information content (AvgIpc) is 2.74. The molecule has 0 saturated heterocycles. The van der Waals surface area contributed by atoms with Crippen LogP contribution in [0, 0.1) is 13.8 Å². The molecule has 0 spiro atoms. The number of rotatable bonds is 3. The van der Waals surface area contributed by atoms with E-state index in [1.165, 1.54) is 11.3 Å². The Morgan fingerprint density at radius 3 is 2.71 bits per heavy atom. The predicted octanol–water partition coefficient (Wildman–Crippen LogP) is 3.66. The summed E-state index contributed by atoms with van der Waals surface area (Å²) in [6, 6.07) is 7.98. The van der Waals surface area contributed by atoms with Gasteiger partial charge in [0.05, 0.1) is 16.1 Å². The second-order valence-corrected chi connectivity index (χ2v) is 4.68. The lowest BCUT2D eigenvalue weighted by atomic mass is 10.1. The van der Waals surface area contributed by atoms with Crippen LogP contribution in [0.3, 0.4) is 0 Å². The van der Waals surface area contributed by atoms with Gasteiger partial charge in [-0.3, -0.25) is 4.79 Å². The van der Waals surface area contributed by atoms with Crippen molar-refractivity contribution in [3.63, 3.8) is 0 Å². The van der Waals surface area contributed by atoms with Gasteiger partial charge in [-0.25, -0.2) is 4.98 Å². The smallest absolute Gasteiger partial charge is 0.197 e. The minimum atomic E-state index is 0.0215. The molecule has 0 bridgehead atoms. The topological polar surface area (TPSA) is 30.0 Å². The van der Waals surface area contributed by atoms with Gasteiger partial charge in [0.2, 0.25) is 0 Å². The van der Waals surface area contributed by atoms with Gasteiger partial charge in [-0.05, 0) is 31.1 Å². The molecular weight excluding hydrogens is 230 g/mol. The summed E-state index contributed by atoms with van der Waals surface area (Å²) in [5.41, 5.74) is 4.74. The van der Waals surface area contributed by atoms with Crippen molar-refractivity contribution in [1.29, 1.82) is 0 Å². The molecule has 0 radical (unpaired) electrons. The summed E-state index contributed by atoms with van der Waals surface area (Å²) >= 11 is 1.39. The van der Waals surface area contributed by atoms with Gasteiger partial charge < -0.3 is 0 Å². The van der Waals surface area contributed by atoms with E-state index < -0.39 is 0 Å². The fraction of sp³-hybridized carbons (Fsp3) is 0.143. The molecule has 1 aromatic heterocycles. The summed E-state index contributed by atoms with van der Waals surface area (Å²) in [6.07, 6.45) is 3.47. The largest absolute Gasteiger partial charge is 0.288 e. The van der Waals surface area contributed by atoms with E-state index in [2.05, 4.69) is 4.98 Å². The highest BCUT2D eigenvalue weighted by Crippen LogP contribution is 2.15. The van der Waals surface area contributed by atoms with Crippen LogP contribution in [0.2, 0.25) is 0 Å². The van der Waals surface area contributed by atoms with Crippen molar-refractivity contribution in [2.24, 2.45) is 0 Å². The molecule has 0 aliphatic rings. The Hall–Kier alpha value is -1.74. The molecule has 0 saturated carbocycles. The highest BCUT2D eigenvalue weighted by molar-refractivity contribution is 7.12. The third kappa shape index (κ3) is 2.68. The molecule has 0 aliphatic heterocycles. The summed E-state index contributed by atoms with van der Waals surface area (Å²) in [7, 11) is 0. The van der Waals surface area contributed by atoms with Gasteiger partial charge in [0.1, 0.15) is 0 Å². The van der Waals surface area contributed by atoms with E-state index >= 15 is 0 Å². The van der Waals surface area contributed by atoms with Crippen molar-refractivity contribution in [3.05, 3.63) is 57.6 Å². The van der Waals surface area contributed by atoms with Gasteiger partial charge in [-0.15, -0.1) is 11.3 Å². The Bertz CT molecular complexity index is 569. The van der Waals surface area contributed by atoms with Crippen LogP contribution < -0.4 is 0 Å². The number of carbonyl (C=O) groups excluding carboxylic acids is 1. The molecule has 2 nitrogen and oxygen atoms in total. The van der Waals surface area contributed by atoms with E-state index in [0.717, 1.165) is 21.7 Å². The molecule has 1 aromatic carbocycles. The predicted molar refractivity (Wildman–Crippen MR) is 71.4 cm³/mol. The summed E-state index contributed by atoms with van der Waals surface area (Å²) in [4.78, 5) is 16.7. The molecule has 17 heavy (non-hydrogen) atoms. The van der Waals surface area contributed by atoms with Crippen molar-refractivity contribution in [2.45, 2.75) is 13.8 Å². The molecule has 86 valence electrons. The molecule has 1 heterocycles. The monoisotopic (exact) mass is 243 g/mol. The number of ketones is 1. The lowest BCUT2D eigenvalue weighted by Crippen LogP contribution is -1.93. The zero-order valence-corrected chi connectivity index (χ0v) is 10.6. The van der Waals surface area contributed by atoms with Gasteiger partial charge in [-0.1, -0.05) is 30.3 Å². The van der Waals surface area contributed by atoms with Crippen LogP contribution in [0.25, 0.3) is 6.08 Å². The van der Waals surface area contributed by atoms with Crippen LogP contribution in [-0.4, -0.2) is 10.8 Å². The van der Waals surface area contributed by atoms with E-state index in [9.17, 15) is 4.79 Å². The molecule has 0 amide bonds.